The molecule has 5 heteroatoms. The number of fused-ring (bicyclic) bond motifs is 9. The van der Waals surface area contributed by atoms with Gasteiger partial charge >= 0.3 is 0 Å². The number of nitrogens with zero attached hydrogens (tertiary/aromatic N) is 2. The molecule has 0 unspecified atom stereocenters. The fourth-order valence-corrected chi connectivity index (χ4v) is 9.94. The molecule has 0 atom stereocenters. The smallest absolute Gasteiger partial charge is 0.137 e. The van der Waals surface area contributed by atoms with Crippen LogP contribution in [0.15, 0.2) is 174 Å². The maximum atomic E-state index is 6.40. The van der Waals surface area contributed by atoms with Gasteiger partial charge in [-0.1, -0.05) is 103 Å². The van der Waals surface area contributed by atoms with E-state index in [0.717, 1.165) is 55.1 Å². The van der Waals surface area contributed by atoms with Crippen LogP contribution in [0.5, 0.6) is 0 Å². The Bertz CT molecular complexity index is 3130. The summed E-state index contributed by atoms with van der Waals surface area (Å²) < 4.78 is 10.2. The quantitative estimate of drug-likeness (QED) is 0.179. The van der Waals surface area contributed by atoms with Crippen LogP contribution in [-0.4, -0.2) is 4.98 Å². The van der Waals surface area contributed by atoms with Gasteiger partial charge in [0.05, 0.1) is 10.2 Å². The van der Waals surface area contributed by atoms with E-state index in [-0.39, 0.29) is 0 Å². The average molecular weight is 701 g/mol. The third kappa shape index (κ3) is 4.67. The van der Waals surface area contributed by atoms with Gasteiger partial charge < -0.3 is 9.32 Å². The molecule has 11 rings (SSSR count). The van der Waals surface area contributed by atoms with E-state index in [1.54, 1.807) is 11.3 Å². The molecule has 3 heterocycles. The average Bonchev–Trinajstić information content (AvgIpc) is 3.91. The molecule has 0 saturated heterocycles. The van der Waals surface area contributed by atoms with Crippen molar-refractivity contribution in [1.29, 1.82) is 0 Å². The minimum absolute atomic E-state index is 0.873. The molecular formula is C47H28N2OS2. The number of benzene rings is 8. The van der Waals surface area contributed by atoms with Crippen LogP contribution in [0.1, 0.15) is 0 Å². The zero-order valence-corrected chi connectivity index (χ0v) is 29.4. The van der Waals surface area contributed by atoms with Gasteiger partial charge in [0.25, 0.3) is 0 Å². The van der Waals surface area contributed by atoms with Crippen LogP contribution in [0.2, 0.25) is 0 Å². The molecule has 0 fully saturated rings. The molecule has 0 spiro atoms. The van der Waals surface area contributed by atoms with Crippen LogP contribution in [-0.2, 0) is 0 Å². The number of furan rings is 1. The Morgan fingerprint density at radius 3 is 2.08 bits per heavy atom. The second-order valence-corrected chi connectivity index (χ2v) is 15.2. The van der Waals surface area contributed by atoms with Crippen LogP contribution in [0, 0.1) is 0 Å². The van der Waals surface area contributed by atoms with Crippen LogP contribution >= 0.6 is 22.7 Å². The fourth-order valence-electron chi connectivity index (χ4n) is 7.65. The number of aromatic nitrogens is 1. The topological polar surface area (TPSA) is 29.3 Å². The molecule has 0 aliphatic heterocycles. The van der Waals surface area contributed by atoms with Crippen molar-refractivity contribution in [3.8, 4) is 21.7 Å². The van der Waals surface area contributed by atoms with E-state index < -0.39 is 0 Å². The Morgan fingerprint density at radius 2 is 1.17 bits per heavy atom. The van der Waals surface area contributed by atoms with Gasteiger partial charge in [-0.25, -0.2) is 4.98 Å². The standard InChI is InChI=1S/C47H28N2OS2/c1-2-10-31(11-3-1)47-48-40-24-26-44-45(46(40)52-47)39-27-33(22-25-43(39)51-44)49(34-21-23-38-37-14-6-7-16-41(37)50-42(38)28-34)32-19-17-30(18-20-32)36-15-8-12-29-9-4-5-13-35(29)36/h1-28H. The zero-order chi connectivity index (χ0) is 34.2. The lowest BCUT2D eigenvalue weighted by atomic mass is 9.98. The van der Waals surface area contributed by atoms with Crippen molar-refractivity contribution in [2.75, 3.05) is 4.90 Å². The van der Waals surface area contributed by atoms with Crippen LogP contribution in [0.3, 0.4) is 0 Å². The minimum atomic E-state index is 0.873. The molecule has 0 radical (unpaired) electrons. The Kier molecular flexibility index (Phi) is 6.59. The van der Waals surface area contributed by atoms with Gasteiger partial charge in [-0.2, -0.15) is 0 Å². The summed E-state index contributed by atoms with van der Waals surface area (Å²) in [5.41, 5.74) is 9.58. The number of thiophene rings is 1. The predicted octanol–water partition coefficient (Wildman–Crippen LogP) is 14.5. The molecule has 244 valence electrons. The minimum Gasteiger partial charge on any atom is -0.456 e. The largest absolute Gasteiger partial charge is 0.456 e. The first-order valence-corrected chi connectivity index (χ1v) is 19.0. The van der Waals surface area contributed by atoms with Crippen molar-refractivity contribution < 1.29 is 4.42 Å². The number of para-hydroxylation sites is 1. The number of anilines is 3. The third-order valence-electron chi connectivity index (χ3n) is 10.1. The van der Waals surface area contributed by atoms with E-state index >= 15 is 0 Å². The van der Waals surface area contributed by atoms with Gasteiger partial charge in [0.15, 0.2) is 0 Å². The molecule has 8 aromatic carbocycles. The molecular weight excluding hydrogens is 673 g/mol. The van der Waals surface area contributed by atoms with Crippen LogP contribution in [0.25, 0.3) is 84.8 Å². The first-order chi connectivity index (χ1) is 25.7. The Hall–Kier alpha value is -6.27. The summed E-state index contributed by atoms with van der Waals surface area (Å²) >= 11 is 3.62. The van der Waals surface area contributed by atoms with E-state index in [1.807, 2.05) is 23.5 Å². The van der Waals surface area contributed by atoms with Gasteiger partial charge in [-0.15, -0.1) is 22.7 Å². The molecule has 3 aromatic heterocycles. The first kappa shape index (κ1) is 29.5. The zero-order valence-electron chi connectivity index (χ0n) is 27.8. The Labute approximate surface area is 307 Å². The van der Waals surface area contributed by atoms with Gasteiger partial charge in [-0.3, -0.25) is 0 Å². The van der Waals surface area contributed by atoms with E-state index in [4.69, 9.17) is 9.40 Å². The molecule has 0 aliphatic rings. The lowest BCUT2D eigenvalue weighted by Gasteiger charge is -2.26. The fraction of sp³-hybridized carbons (Fsp3) is 0. The van der Waals surface area contributed by atoms with Crippen molar-refractivity contribution in [3.63, 3.8) is 0 Å². The van der Waals surface area contributed by atoms with Crippen molar-refractivity contribution in [3.05, 3.63) is 170 Å². The summed E-state index contributed by atoms with van der Waals surface area (Å²) in [5.74, 6) is 0. The number of hydrogen-bond donors (Lipinski definition) is 0. The SMILES string of the molecule is c1ccc(-c2nc3ccc4sc5ccc(N(c6ccc(-c7cccc8ccccc78)cc6)c6ccc7c(c6)oc6ccccc67)cc5c4c3s2)cc1. The van der Waals surface area contributed by atoms with E-state index in [1.165, 1.54) is 46.8 Å². The highest BCUT2D eigenvalue weighted by molar-refractivity contribution is 7.28. The highest BCUT2D eigenvalue weighted by Gasteiger charge is 2.19. The monoisotopic (exact) mass is 700 g/mol. The maximum Gasteiger partial charge on any atom is 0.137 e. The summed E-state index contributed by atoms with van der Waals surface area (Å²) in [6, 6.07) is 60.7. The van der Waals surface area contributed by atoms with Gasteiger partial charge in [-0.05, 0) is 82.6 Å². The van der Waals surface area contributed by atoms with Gasteiger partial charge in [0.1, 0.15) is 16.2 Å². The lowest BCUT2D eigenvalue weighted by Crippen LogP contribution is -2.09. The highest BCUT2D eigenvalue weighted by atomic mass is 32.1. The van der Waals surface area contributed by atoms with Gasteiger partial charge in [0, 0.05) is 59.6 Å². The second-order valence-electron chi connectivity index (χ2n) is 13.1. The van der Waals surface area contributed by atoms with E-state index in [9.17, 15) is 0 Å². The van der Waals surface area contributed by atoms with Crippen molar-refractivity contribution in [2.24, 2.45) is 0 Å². The highest BCUT2D eigenvalue weighted by Crippen LogP contribution is 2.46. The number of rotatable bonds is 5. The Balaban J connectivity index is 1.10. The normalized spacial score (nSPS) is 11.8. The first-order valence-electron chi connectivity index (χ1n) is 17.4. The lowest BCUT2D eigenvalue weighted by molar-refractivity contribution is 0.669. The predicted molar refractivity (Wildman–Crippen MR) is 223 cm³/mol. The van der Waals surface area contributed by atoms with Crippen LogP contribution in [0.4, 0.5) is 17.1 Å². The summed E-state index contributed by atoms with van der Waals surface area (Å²) in [6.07, 6.45) is 0. The van der Waals surface area contributed by atoms with Crippen LogP contribution < -0.4 is 4.90 Å². The molecule has 0 N–H and O–H groups in total. The van der Waals surface area contributed by atoms with Crippen molar-refractivity contribution in [1.82, 2.24) is 4.98 Å². The summed E-state index contributed by atoms with van der Waals surface area (Å²) in [4.78, 5) is 7.43. The summed E-state index contributed by atoms with van der Waals surface area (Å²) in [5, 5.41) is 8.31. The Morgan fingerprint density at radius 1 is 0.462 bits per heavy atom. The molecule has 52 heavy (non-hydrogen) atoms. The molecule has 3 nitrogen and oxygen atoms in total. The molecule has 0 aliphatic carbocycles. The molecule has 0 amide bonds. The summed E-state index contributed by atoms with van der Waals surface area (Å²) in [7, 11) is 0. The van der Waals surface area contributed by atoms with Crippen molar-refractivity contribution in [2.45, 2.75) is 0 Å². The van der Waals surface area contributed by atoms with Gasteiger partial charge in [0.2, 0.25) is 0 Å². The molecule has 0 saturated carbocycles. The van der Waals surface area contributed by atoms with Crippen molar-refractivity contribution >= 4 is 103 Å². The maximum absolute atomic E-state index is 6.40. The van der Waals surface area contributed by atoms with E-state index in [2.05, 4.69) is 163 Å². The number of hydrogen-bond acceptors (Lipinski definition) is 5. The van der Waals surface area contributed by atoms with E-state index in [0.29, 0.717) is 0 Å². The summed E-state index contributed by atoms with van der Waals surface area (Å²) in [6.45, 7) is 0. The second kappa shape index (κ2) is 11.6. The number of thiazole rings is 1. The molecule has 0 bridgehead atoms. The molecule has 11 aromatic rings. The third-order valence-corrected chi connectivity index (χ3v) is 12.4.